The van der Waals surface area contributed by atoms with Gasteiger partial charge in [0.2, 0.25) is 0 Å². The zero-order valence-electron chi connectivity index (χ0n) is 12.0. The van der Waals surface area contributed by atoms with Gasteiger partial charge >= 0.3 is 6.18 Å². The minimum atomic E-state index is -4.49. The molecule has 0 fully saturated rings. The van der Waals surface area contributed by atoms with Gasteiger partial charge in [0.05, 0.1) is 16.1 Å². The van der Waals surface area contributed by atoms with E-state index in [2.05, 4.69) is 5.10 Å². The minimum absolute atomic E-state index is 0.0419. The Morgan fingerprint density at radius 3 is 2.62 bits per heavy atom. The van der Waals surface area contributed by atoms with Crippen molar-refractivity contribution in [2.24, 2.45) is 5.84 Å². The molecule has 0 radical (unpaired) electrons. The average Bonchev–Trinajstić information content (AvgIpc) is 3.22. The molecule has 0 aliphatic heterocycles. The summed E-state index contributed by atoms with van der Waals surface area (Å²) < 4.78 is 39.9. The lowest BCUT2D eigenvalue weighted by Gasteiger charge is -2.10. The quantitative estimate of drug-likeness (QED) is 0.432. The Labute approximate surface area is 138 Å². The molecule has 1 aromatic carbocycles. The summed E-state index contributed by atoms with van der Waals surface area (Å²) in [5.74, 6) is 4.51. The first-order valence-electron chi connectivity index (χ1n) is 6.72. The first-order valence-corrected chi connectivity index (χ1v) is 7.60. The van der Waals surface area contributed by atoms with E-state index in [1.165, 1.54) is 29.5 Å². The summed E-state index contributed by atoms with van der Waals surface area (Å²) in [6, 6.07) is 9.67. The van der Waals surface area contributed by atoms with E-state index in [9.17, 15) is 18.0 Å². The van der Waals surface area contributed by atoms with Crippen LogP contribution in [0.2, 0.25) is 0 Å². The van der Waals surface area contributed by atoms with Gasteiger partial charge in [-0.25, -0.2) is 10.5 Å². The number of amides is 1. The fraction of sp³-hybridized carbons (Fsp3) is 0.0667. The number of aromatic nitrogens is 2. The Bertz CT molecular complexity index is 871. The number of hydrogen-bond acceptors (Lipinski definition) is 4. The second-order valence-electron chi connectivity index (χ2n) is 4.83. The third kappa shape index (κ3) is 3.03. The summed E-state index contributed by atoms with van der Waals surface area (Å²) in [5, 5.41) is 6.09. The summed E-state index contributed by atoms with van der Waals surface area (Å²) in [5.41, 5.74) is 1.78. The Hall–Kier alpha value is -2.65. The molecule has 5 nitrogen and oxygen atoms in total. The summed E-state index contributed by atoms with van der Waals surface area (Å²) in [6.45, 7) is 0. The van der Waals surface area contributed by atoms with E-state index < -0.39 is 17.6 Å². The molecule has 124 valence electrons. The van der Waals surface area contributed by atoms with Gasteiger partial charge in [0.15, 0.2) is 0 Å². The van der Waals surface area contributed by atoms with Crippen LogP contribution < -0.4 is 11.3 Å². The van der Waals surface area contributed by atoms with Gasteiger partial charge in [-0.2, -0.15) is 18.3 Å². The number of rotatable bonds is 3. The molecule has 0 spiro atoms. The van der Waals surface area contributed by atoms with Gasteiger partial charge in [-0.05, 0) is 35.7 Å². The van der Waals surface area contributed by atoms with Crippen LogP contribution in [0.5, 0.6) is 0 Å². The first kappa shape index (κ1) is 16.2. The molecular weight excluding hydrogens is 341 g/mol. The van der Waals surface area contributed by atoms with Gasteiger partial charge in [-0.3, -0.25) is 10.2 Å². The van der Waals surface area contributed by atoms with Crippen molar-refractivity contribution >= 4 is 17.2 Å². The maximum absolute atomic E-state index is 12.9. The Morgan fingerprint density at radius 2 is 2.00 bits per heavy atom. The highest BCUT2D eigenvalue weighted by Gasteiger charge is 2.31. The fourth-order valence-corrected chi connectivity index (χ4v) is 2.85. The van der Waals surface area contributed by atoms with Gasteiger partial charge < -0.3 is 0 Å². The van der Waals surface area contributed by atoms with E-state index in [1.807, 2.05) is 16.9 Å². The van der Waals surface area contributed by atoms with Gasteiger partial charge in [0.1, 0.15) is 11.4 Å². The molecule has 0 bridgehead atoms. The van der Waals surface area contributed by atoms with Crippen molar-refractivity contribution in [1.82, 2.24) is 15.2 Å². The van der Waals surface area contributed by atoms with Crippen molar-refractivity contribution < 1.29 is 18.0 Å². The smallest absolute Gasteiger partial charge is 0.289 e. The highest BCUT2D eigenvalue weighted by atomic mass is 32.1. The lowest BCUT2D eigenvalue weighted by Crippen LogP contribution is -2.31. The molecule has 0 saturated heterocycles. The number of thiophene rings is 1. The molecule has 0 aliphatic rings. The van der Waals surface area contributed by atoms with Crippen molar-refractivity contribution in [2.45, 2.75) is 6.18 Å². The standard InChI is InChI=1S/C15H11F3N4OS/c16-15(17,18)9-3-1-4-10(7-9)22-12(14(23)20-19)8-11(21-22)13-5-2-6-24-13/h1-8H,19H2,(H,20,23). The van der Waals surface area contributed by atoms with Crippen LogP contribution in [0.15, 0.2) is 47.8 Å². The molecule has 0 saturated carbocycles. The van der Waals surface area contributed by atoms with Crippen molar-refractivity contribution in [2.75, 3.05) is 0 Å². The van der Waals surface area contributed by atoms with Crippen LogP contribution in [-0.2, 0) is 6.18 Å². The number of nitrogens with two attached hydrogens (primary N) is 1. The molecule has 2 heterocycles. The summed E-state index contributed by atoms with van der Waals surface area (Å²) in [7, 11) is 0. The van der Waals surface area contributed by atoms with E-state index in [-0.39, 0.29) is 11.4 Å². The fourth-order valence-electron chi connectivity index (χ4n) is 2.17. The van der Waals surface area contributed by atoms with Crippen LogP contribution in [0.4, 0.5) is 13.2 Å². The number of nitrogen functional groups attached to an aromatic ring is 1. The monoisotopic (exact) mass is 352 g/mol. The predicted octanol–water partition coefficient (Wildman–Crippen LogP) is 3.22. The molecule has 1 amide bonds. The second kappa shape index (κ2) is 6.10. The molecule has 3 N–H and O–H groups in total. The number of halogens is 3. The van der Waals surface area contributed by atoms with Gasteiger partial charge in [-0.15, -0.1) is 11.3 Å². The molecule has 0 atom stereocenters. The lowest BCUT2D eigenvalue weighted by molar-refractivity contribution is -0.137. The van der Waals surface area contributed by atoms with E-state index in [1.54, 1.807) is 6.07 Å². The number of carbonyl (C=O) groups excluding carboxylic acids is 1. The minimum Gasteiger partial charge on any atom is -0.289 e. The van der Waals surface area contributed by atoms with Crippen molar-refractivity contribution in [1.29, 1.82) is 0 Å². The SMILES string of the molecule is NNC(=O)c1cc(-c2cccs2)nn1-c1cccc(C(F)(F)F)c1. The van der Waals surface area contributed by atoms with Gasteiger partial charge in [0, 0.05) is 0 Å². The molecule has 0 unspecified atom stereocenters. The Kier molecular flexibility index (Phi) is 4.12. The maximum atomic E-state index is 12.9. The van der Waals surface area contributed by atoms with E-state index in [0.29, 0.717) is 5.69 Å². The molecule has 3 aromatic rings. The van der Waals surface area contributed by atoms with Gasteiger partial charge in [0.25, 0.3) is 5.91 Å². The highest BCUT2D eigenvalue weighted by molar-refractivity contribution is 7.13. The lowest BCUT2D eigenvalue weighted by atomic mass is 10.2. The van der Waals surface area contributed by atoms with Crippen LogP contribution in [0.25, 0.3) is 16.3 Å². The summed E-state index contributed by atoms with van der Waals surface area (Å²) >= 11 is 1.40. The third-order valence-corrected chi connectivity index (χ3v) is 4.16. The molecule has 9 heteroatoms. The first-order chi connectivity index (χ1) is 11.4. The summed E-state index contributed by atoms with van der Waals surface area (Å²) in [6.07, 6.45) is -4.49. The third-order valence-electron chi connectivity index (χ3n) is 3.26. The van der Waals surface area contributed by atoms with E-state index >= 15 is 0 Å². The van der Waals surface area contributed by atoms with Crippen molar-refractivity contribution in [3.63, 3.8) is 0 Å². The van der Waals surface area contributed by atoms with Crippen LogP contribution in [0.3, 0.4) is 0 Å². The zero-order valence-corrected chi connectivity index (χ0v) is 12.9. The van der Waals surface area contributed by atoms with Gasteiger partial charge in [-0.1, -0.05) is 12.1 Å². The number of hydrazine groups is 1. The Balaban J connectivity index is 2.14. The second-order valence-corrected chi connectivity index (χ2v) is 5.77. The number of nitrogens with one attached hydrogen (secondary N) is 1. The Morgan fingerprint density at radius 1 is 1.21 bits per heavy atom. The number of alkyl halides is 3. The largest absolute Gasteiger partial charge is 0.416 e. The molecule has 3 rings (SSSR count). The van der Waals surface area contributed by atoms with E-state index in [4.69, 9.17) is 5.84 Å². The number of nitrogens with zero attached hydrogens (tertiary/aromatic N) is 2. The van der Waals surface area contributed by atoms with Crippen LogP contribution in [0.1, 0.15) is 16.1 Å². The normalized spacial score (nSPS) is 11.5. The van der Waals surface area contributed by atoms with Crippen molar-refractivity contribution in [3.8, 4) is 16.3 Å². The number of carbonyl (C=O) groups is 1. The van der Waals surface area contributed by atoms with Crippen LogP contribution in [-0.4, -0.2) is 15.7 Å². The highest BCUT2D eigenvalue weighted by Crippen LogP contribution is 2.31. The topological polar surface area (TPSA) is 72.9 Å². The average molecular weight is 352 g/mol. The molecule has 0 aliphatic carbocycles. The predicted molar refractivity (Wildman–Crippen MR) is 83.5 cm³/mol. The maximum Gasteiger partial charge on any atom is 0.416 e. The summed E-state index contributed by atoms with van der Waals surface area (Å²) in [4.78, 5) is 12.7. The number of hydrogen-bond donors (Lipinski definition) is 2. The van der Waals surface area contributed by atoms with Crippen LogP contribution in [0, 0.1) is 0 Å². The molecular formula is C15H11F3N4OS. The molecule has 2 aromatic heterocycles. The van der Waals surface area contributed by atoms with Crippen LogP contribution >= 0.6 is 11.3 Å². The van der Waals surface area contributed by atoms with Crippen molar-refractivity contribution in [3.05, 3.63) is 59.1 Å². The molecule has 24 heavy (non-hydrogen) atoms. The zero-order chi connectivity index (χ0) is 17.3. The van der Waals surface area contributed by atoms with E-state index in [0.717, 1.165) is 21.7 Å². The number of benzene rings is 1.